The molecule has 206 valence electrons. The minimum absolute atomic E-state index is 0.0253. The maximum Gasteiger partial charge on any atom is 0.306 e. The summed E-state index contributed by atoms with van der Waals surface area (Å²) in [7, 11) is 0. The Kier molecular flexibility index (Phi) is 19.3. The third-order valence-electron chi connectivity index (χ3n) is 6.77. The van der Waals surface area contributed by atoms with E-state index in [1.54, 1.807) is 12.1 Å². The number of carbonyl (C=O) groups is 1. The number of nitrogens with zero attached hydrogens (tertiary/aromatic N) is 1. The van der Waals surface area contributed by atoms with Gasteiger partial charge in [0.25, 0.3) is 5.69 Å². The summed E-state index contributed by atoms with van der Waals surface area (Å²) in [4.78, 5) is 23.0. The number of rotatable bonds is 24. The van der Waals surface area contributed by atoms with Gasteiger partial charge in [0.1, 0.15) is 5.75 Å². The molecule has 0 aliphatic rings. The topological polar surface area (TPSA) is 89.7 Å². The van der Waals surface area contributed by atoms with E-state index in [9.17, 15) is 20.0 Å². The Morgan fingerprint density at radius 2 is 1.47 bits per heavy atom. The highest BCUT2D eigenvalue weighted by atomic mass is 79.9. The van der Waals surface area contributed by atoms with Crippen molar-refractivity contribution in [3.8, 4) is 5.75 Å². The van der Waals surface area contributed by atoms with Crippen molar-refractivity contribution >= 4 is 27.6 Å². The van der Waals surface area contributed by atoms with E-state index >= 15 is 0 Å². The van der Waals surface area contributed by atoms with Crippen LogP contribution in [0.4, 0.5) is 5.69 Å². The third-order valence-corrected chi connectivity index (χ3v) is 7.33. The predicted molar refractivity (Wildman–Crippen MR) is 151 cm³/mol. The van der Waals surface area contributed by atoms with Gasteiger partial charge in [-0.25, -0.2) is 0 Å². The quantitative estimate of drug-likeness (QED) is 0.0579. The highest BCUT2D eigenvalue weighted by Crippen LogP contribution is 2.28. The Hall–Kier alpha value is -1.63. The van der Waals surface area contributed by atoms with Crippen molar-refractivity contribution in [2.45, 2.75) is 122 Å². The van der Waals surface area contributed by atoms with E-state index in [0.29, 0.717) is 24.3 Å². The molecule has 0 amide bonds. The molecule has 0 aliphatic carbocycles. The lowest BCUT2D eigenvalue weighted by Crippen LogP contribution is -2.17. The monoisotopic (exact) mass is 569 g/mol. The van der Waals surface area contributed by atoms with Gasteiger partial charge in [-0.15, -0.1) is 0 Å². The van der Waals surface area contributed by atoms with Crippen molar-refractivity contribution in [2.24, 2.45) is 5.92 Å². The summed E-state index contributed by atoms with van der Waals surface area (Å²) in [5.41, 5.74) is 0.424. The molecule has 1 aromatic carbocycles. The molecule has 6 nitrogen and oxygen atoms in total. The zero-order valence-electron chi connectivity index (χ0n) is 22.4. The lowest BCUT2D eigenvalue weighted by atomic mass is 9.92. The van der Waals surface area contributed by atoms with Crippen molar-refractivity contribution < 1.29 is 19.6 Å². The zero-order valence-corrected chi connectivity index (χ0v) is 23.9. The van der Waals surface area contributed by atoms with E-state index in [1.165, 1.54) is 63.9 Å². The van der Waals surface area contributed by atoms with Crippen LogP contribution in [-0.2, 0) is 11.2 Å². The van der Waals surface area contributed by atoms with Crippen LogP contribution in [0.15, 0.2) is 18.2 Å². The lowest BCUT2D eigenvalue weighted by molar-refractivity contribution is -0.385. The summed E-state index contributed by atoms with van der Waals surface area (Å²) in [6, 6.07) is 4.72. The smallest absolute Gasteiger partial charge is 0.306 e. The van der Waals surface area contributed by atoms with Crippen LogP contribution in [0.3, 0.4) is 0 Å². The van der Waals surface area contributed by atoms with Crippen molar-refractivity contribution in [3.63, 3.8) is 0 Å². The highest BCUT2D eigenvalue weighted by molar-refractivity contribution is 9.09. The average Bonchev–Trinajstić information content (AvgIpc) is 2.85. The van der Waals surface area contributed by atoms with Gasteiger partial charge in [-0.2, -0.15) is 0 Å². The molecular formula is C29H48BrNO5. The number of ether oxygens (including phenoxy) is 1. The van der Waals surface area contributed by atoms with Gasteiger partial charge in [0.05, 0.1) is 17.4 Å². The van der Waals surface area contributed by atoms with Crippen LogP contribution in [0.5, 0.6) is 5.75 Å². The predicted octanol–water partition coefficient (Wildman–Crippen LogP) is 9.26. The van der Waals surface area contributed by atoms with Gasteiger partial charge in [0.2, 0.25) is 0 Å². The molecule has 0 aliphatic heterocycles. The van der Waals surface area contributed by atoms with Gasteiger partial charge >= 0.3 is 5.97 Å². The molecule has 0 saturated heterocycles. The number of hydrogen-bond donors (Lipinski definition) is 1. The molecule has 7 heteroatoms. The first-order valence-electron chi connectivity index (χ1n) is 14.2. The maximum atomic E-state index is 11.9. The molecule has 0 aromatic heterocycles. The molecule has 1 aromatic rings. The van der Waals surface area contributed by atoms with Crippen molar-refractivity contribution in [1.29, 1.82) is 0 Å². The Balaban J connectivity index is 2.38. The number of nitro benzene ring substituents is 1. The molecular weight excluding hydrogens is 522 g/mol. The second-order valence-electron chi connectivity index (χ2n) is 9.92. The van der Waals surface area contributed by atoms with E-state index in [1.807, 2.05) is 0 Å². The summed E-state index contributed by atoms with van der Waals surface area (Å²) >= 11 is 3.47. The molecule has 1 rings (SSSR count). The Bertz CT molecular complexity index is 728. The van der Waals surface area contributed by atoms with Crippen molar-refractivity contribution in [2.75, 3.05) is 11.9 Å². The second kappa shape index (κ2) is 21.5. The molecule has 36 heavy (non-hydrogen) atoms. The number of alkyl halides is 1. The van der Waals surface area contributed by atoms with Crippen LogP contribution in [-0.4, -0.2) is 27.9 Å². The van der Waals surface area contributed by atoms with Gasteiger partial charge < -0.3 is 9.84 Å². The number of unbranched alkanes of at least 4 members (excludes halogenated alkanes) is 14. The zero-order chi connectivity index (χ0) is 26.4. The summed E-state index contributed by atoms with van der Waals surface area (Å²) < 4.78 is 5.78. The molecule has 0 spiro atoms. The van der Waals surface area contributed by atoms with E-state index in [2.05, 4.69) is 22.9 Å². The summed E-state index contributed by atoms with van der Waals surface area (Å²) in [6.45, 7) is 2.72. The largest absolute Gasteiger partial charge is 0.494 e. The van der Waals surface area contributed by atoms with E-state index in [0.717, 1.165) is 50.3 Å². The minimum atomic E-state index is -0.883. The first-order chi connectivity index (χ1) is 17.5. The lowest BCUT2D eigenvalue weighted by Gasteiger charge is -2.14. The van der Waals surface area contributed by atoms with E-state index in [-0.39, 0.29) is 12.1 Å². The van der Waals surface area contributed by atoms with Crippen LogP contribution in [0.1, 0.15) is 122 Å². The fourth-order valence-corrected chi connectivity index (χ4v) is 4.94. The van der Waals surface area contributed by atoms with Crippen LogP contribution < -0.4 is 4.74 Å². The molecule has 0 fully saturated rings. The van der Waals surface area contributed by atoms with Gasteiger partial charge in [0, 0.05) is 17.0 Å². The number of halogens is 1. The first kappa shape index (κ1) is 32.4. The Morgan fingerprint density at radius 1 is 0.917 bits per heavy atom. The van der Waals surface area contributed by atoms with Crippen LogP contribution in [0, 0.1) is 16.0 Å². The summed E-state index contributed by atoms with van der Waals surface area (Å²) in [6.07, 6.45) is 19.7. The Labute approximate surface area is 226 Å². The number of carboxylic acids is 1. The third kappa shape index (κ3) is 15.5. The first-order valence-corrected chi connectivity index (χ1v) is 15.3. The minimum Gasteiger partial charge on any atom is -0.494 e. The van der Waals surface area contributed by atoms with Gasteiger partial charge in [-0.3, -0.25) is 14.9 Å². The standard InChI is InChI=1S/C29H48BrNO5/c1-2-3-4-17-22-36-27-19-20-28(31(34)35)26(24-27)23-25(29(32)33)18-15-13-11-9-7-5-6-8-10-12-14-16-21-30/h19-20,24-25H,2-18,21-23H2,1H3,(H,32,33). The number of nitro groups is 1. The highest BCUT2D eigenvalue weighted by Gasteiger charge is 2.23. The van der Waals surface area contributed by atoms with Crippen LogP contribution >= 0.6 is 15.9 Å². The van der Waals surface area contributed by atoms with Gasteiger partial charge in [-0.05, 0) is 37.8 Å². The maximum absolute atomic E-state index is 11.9. The fourth-order valence-electron chi connectivity index (χ4n) is 4.54. The fraction of sp³-hybridized carbons (Fsp3) is 0.759. The molecule has 0 saturated carbocycles. The molecule has 1 N–H and O–H groups in total. The number of hydrogen-bond acceptors (Lipinski definition) is 4. The number of aliphatic carboxylic acids is 1. The molecule has 0 heterocycles. The van der Waals surface area contributed by atoms with Crippen LogP contribution in [0.25, 0.3) is 0 Å². The van der Waals surface area contributed by atoms with Crippen molar-refractivity contribution in [3.05, 3.63) is 33.9 Å². The van der Waals surface area contributed by atoms with Gasteiger partial charge in [0.15, 0.2) is 0 Å². The molecule has 1 atom stereocenters. The van der Waals surface area contributed by atoms with Crippen molar-refractivity contribution in [1.82, 2.24) is 0 Å². The molecule has 0 radical (unpaired) electrons. The average molecular weight is 571 g/mol. The number of benzene rings is 1. The molecule has 1 unspecified atom stereocenters. The normalized spacial score (nSPS) is 11.9. The SMILES string of the molecule is CCCCCCOc1ccc([N+](=O)[O-])c(CC(CCCCCCCCCCCCCCBr)C(=O)O)c1. The summed E-state index contributed by atoms with van der Waals surface area (Å²) in [5.74, 6) is -0.922. The Morgan fingerprint density at radius 3 is 2.00 bits per heavy atom. The second-order valence-corrected chi connectivity index (χ2v) is 10.7. The molecule has 0 bridgehead atoms. The number of carboxylic acid groups (broad SMARTS) is 1. The van der Waals surface area contributed by atoms with Crippen LogP contribution in [0.2, 0.25) is 0 Å². The summed E-state index contributed by atoms with van der Waals surface area (Å²) in [5, 5.41) is 22.4. The van der Waals surface area contributed by atoms with E-state index < -0.39 is 16.8 Å². The van der Waals surface area contributed by atoms with Gasteiger partial charge in [-0.1, -0.05) is 113 Å². The van der Waals surface area contributed by atoms with E-state index in [4.69, 9.17) is 4.74 Å².